The zero-order valence-electron chi connectivity index (χ0n) is 14.9. The van der Waals surface area contributed by atoms with Crippen molar-refractivity contribution in [2.24, 2.45) is 0 Å². The van der Waals surface area contributed by atoms with E-state index in [2.05, 4.69) is 22.5 Å². The fraction of sp³-hybridized carbons (Fsp3) is 0.143. The number of carbonyl (C=O) groups is 1. The number of aryl methyl sites for hydroxylation is 1. The van der Waals surface area contributed by atoms with Crippen LogP contribution in [0.25, 0.3) is 0 Å². The van der Waals surface area contributed by atoms with Crippen molar-refractivity contribution in [1.82, 2.24) is 4.98 Å². The third-order valence-electron chi connectivity index (χ3n) is 4.31. The normalized spacial score (nSPS) is 11.9. The van der Waals surface area contributed by atoms with Crippen molar-refractivity contribution >= 4 is 23.0 Å². The van der Waals surface area contributed by atoms with Crippen LogP contribution in [0.2, 0.25) is 0 Å². The molecule has 2 heterocycles. The molecule has 4 rings (SSSR count). The number of amides is 1. The second-order valence-electron chi connectivity index (χ2n) is 6.12. The van der Waals surface area contributed by atoms with Gasteiger partial charge in [-0.15, -0.1) is 0 Å². The van der Waals surface area contributed by atoms with E-state index >= 15 is 0 Å². The van der Waals surface area contributed by atoms with Crippen LogP contribution in [0.5, 0.6) is 11.5 Å². The molecule has 1 amide bonds. The molecule has 0 unspecified atom stereocenters. The van der Waals surface area contributed by atoms with Gasteiger partial charge in [0.1, 0.15) is 0 Å². The highest BCUT2D eigenvalue weighted by Crippen LogP contribution is 2.35. The van der Waals surface area contributed by atoms with E-state index in [0.717, 1.165) is 29.1 Å². The molecule has 6 nitrogen and oxygen atoms in total. The number of benzene rings is 2. The molecule has 1 aliphatic heterocycles. The number of carbonyl (C=O) groups excluding carboxylic acids is 1. The fourth-order valence-electron chi connectivity index (χ4n) is 2.92. The van der Waals surface area contributed by atoms with Crippen LogP contribution >= 0.6 is 0 Å². The van der Waals surface area contributed by atoms with Gasteiger partial charge in [0.15, 0.2) is 11.5 Å². The van der Waals surface area contributed by atoms with Crippen LogP contribution in [0.1, 0.15) is 22.8 Å². The Hall–Kier alpha value is -3.54. The molecule has 0 aliphatic carbocycles. The number of anilines is 3. The van der Waals surface area contributed by atoms with Gasteiger partial charge < -0.3 is 20.1 Å². The second kappa shape index (κ2) is 7.37. The van der Waals surface area contributed by atoms with Crippen LogP contribution in [-0.2, 0) is 6.42 Å². The SMILES string of the molecule is CCc1ccccc1NC(=O)c1cncc(Nc2ccc3c(c2)OCO3)c1. The quantitative estimate of drug-likeness (QED) is 0.706. The van der Waals surface area contributed by atoms with Gasteiger partial charge in [-0.05, 0) is 36.2 Å². The lowest BCUT2D eigenvalue weighted by molar-refractivity contribution is 0.102. The lowest BCUT2D eigenvalue weighted by Crippen LogP contribution is -2.13. The number of pyridine rings is 1. The van der Waals surface area contributed by atoms with E-state index in [1.54, 1.807) is 18.5 Å². The molecular formula is C21H19N3O3. The summed E-state index contributed by atoms with van der Waals surface area (Å²) in [5.74, 6) is 1.22. The first-order chi connectivity index (χ1) is 13.2. The average molecular weight is 361 g/mol. The lowest BCUT2D eigenvalue weighted by Gasteiger charge is -2.11. The highest BCUT2D eigenvalue weighted by atomic mass is 16.7. The van der Waals surface area contributed by atoms with Crippen LogP contribution < -0.4 is 20.1 Å². The number of hydrogen-bond donors (Lipinski definition) is 2. The number of nitrogens with zero attached hydrogens (tertiary/aromatic N) is 1. The Kier molecular flexibility index (Phi) is 4.61. The van der Waals surface area contributed by atoms with Crippen LogP contribution in [-0.4, -0.2) is 17.7 Å². The molecule has 0 bridgehead atoms. The van der Waals surface area contributed by atoms with E-state index in [0.29, 0.717) is 17.0 Å². The molecule has 0 saturated carbocycles. The summed E-state index contributed by atoms with van der Waals surface area (Å²) in [5, 5.41) is 6.20. The standard InChI is InChI=1S/C21H19N3O3/c1-2-14-5-3-4-6-18(14)24-21(25)15-9-17(12-22-11-15)23-16-7-8-19-20(10-16)27-13-26-19/h3-12,23H,2,13H2,1H3,(H,24,25). The summed E-state index contributed by atoms with van der Waals surface area (Å²) < 4.78 is 10.7. The molecule has 1 aromatic heterocycles. The number of hydrogen-bond acceptors (Lipinski definition) is 5. The van der Waals surface area contributed by atoms with E-state index in [9.17, 15) is 4.79 Å². The van der Waals surface area contributed by atoms with Crippen molar-refractivity contribution in [3.05, 3.63) is 72.1 Å². The van der Waals surface area contributed by atoms with Crippen molar-refractivity contribution < 1.29 is 14.3 Å². The molecule has 2 aromatic carbocycles. The molecule has 0 saturated heterocycles. The van der Waals surface area contributed by atoms with Crippen molar-refractivity contribution in [3.63, 3.8) is 0 Å². The molecule has 0 atom stereocenters. The summed E-state index contributed by atoms with van der Waals surface area (Å²) in [6.07, 6.45) is 4.07. The van der Waals surface area contributed by atoms with Gasteiger partial charge in [0.25, 0.3) is 5.91 Å². The summed E-state index contributed by atoms with van der Waals surface area (Å²) in [5.41, 5.74) is 3.93. The van der Waals surface area contributed by atoms with E-state index in [-0.39, 0.29) is 12.7 Å². The average Bonchev–Trinajstić information content (AvgIpc) is 3.16. The predicted octanol–water partition coefficient (Wildman–Crippen LogP) is 4.37. The van der Waals surface area contributed by atoms with Gasteiger partial charge in [-0.2, -0.15) is 0 Å². The maximum atomic E-state index is 12.6. The Morgan fingerprint density at radius 2 is 1.89 bits per heavy atom. The summed E-state index contributed by atoms with van der Waals surface area (Å²) in [4.78, 5) is 16.8. The van der Waals surface area contributed by atoms with E-state index in [1.807, 2.05) is 42.5 Å². The number of nitrogens with one attached hydrogen (secondary N) is 2. The third-order valence-corrected chi connectivity index (χ3v) is 4.31. The van der Waals surface area contributed by atoms with Gasteiger partial charge in [-0.3, -0.25) is 9.78 Å². The van der Waals surface area contributed by atoms with Crippen molar-refractivity contribution in [2.75, 3.05) is 17.4 Å². The number of rotatable bonds is 5. The van der Waals surface area contributed by atoms with Gasteiger partial charge in [-0.1, -0.05) is 25.1 Å². The minimum atomic E-state index is -0.197. The molecule has 3 aromatic rings. The Morgan fingerprint density at radius 1 is 1.04 bits per heavy atom. The third kappa shape index (κ3) is 3.69. The van der Waals surface area contributed by atoms with Crippen molar-refractivity contribution in [3.8, 4) is 11.5 Å². The first kappa shape index (κ1) is 16.9. The maximum Gasteiger partial charge on any atom is 0.257 e. The molecular weight excluding hydrogens is 342 g/mol. The number of aromatic nitrogens is 1. The van der Waals surface area contributed by atoms with Crippen LogP contribution in [0, 0.1) is 0 Å². The van der Waals surface area contributed by atoms with Gasteiger partial charge in [0, 0.05) is 23.6 Å². The summed E-state index contributed by atoms with van der Waals surface area (Å²) in [6, 6.07) is 15.1. The monoisotopic (exact) mass is 361 g/mol. The van der Waals surface area contributed by atoms with E-state index in [1.165, 1.54) is 0 Å². The smallest absolute Gasteiger partial charge is 0.257 e. The largest absolute Gasteiger partial charge is 0.454 e. The summed E-state index contributed by atoms with van der Waals surface area (Å²) in [7, 11) is 0. The maximum absolute atomic E-state index is 12.6. The minimum Gasteiger partial charge on any atom is -0.454 e. The Labute approximate surface area is 157 Å². The molecule has 136 valence electrons. The van der Waals surface area contributed by atoms with Gasteiger partial charge in [0.05, 0.1) is 17.4 Å². The van der Waals surface area contributed by atoms with E-state index < -0.39 is 0 Å². The zero-order valence-corrected chi connectivity index (χ0v) is 14.9. The topological polar surface area (TPSA) is 72.5 Å². The molecule has 1 aliphatic rings. The number of ether oxygens (including phenoxy) is 2. The van der Waals surface area contributed by atoms with Crippen LogP contribution in [0.3, 0.4) is 0 Å². The summed E-state index contributed by atoms with van der Waals surface area (Å²) in [6.45, 7) is 2.29. The van der Waals surface area contributed by atoms with Crippen molar-refractivity contribution in [1.29, 1.82) is 0 Å². The highest BCUT2D eigenvalue weighted by molar-refractivity contribution is 6.05. The van der Waals surface area contributed by atoms with Crippen molar-refractivity contribution in [2.45, 2.75) is 13.3 Å². The van der Waals surface area contributed by atoms with E-state index in [4.69, 9.17) is 9.47 Å². The second-order valence-corrected chi connectivity index (χ2v) is 6.12. The molecule has 0 fully saturated rings. The molecule has 0 spiro atoms. The number of fused-ring (bicyclic) bond motifs is 1. The first-order valence-corrected chi connectivity index (χ1v) is 8.74. The predicted molar refractivity (Wildman–Crippen MR) is 104 cm³/mol. The van der Waals surface area contributed by atoms with Crippen LogP contribution in [0.4, 0.5) is 17.1 Å². The Balaban J connectivity index is 1.51. The minimum absolute atomic E-state index is 0.197. The van der Waals surface area contributed by atoms with Gasteiger partial charge in [0.2, 0.25) is 6.79 Å². The molecule has 0 radical (unpaired) electrons. The first-order valence-electron chi connectivity index (χ1n) is 8.74. The Morgan fingerprint density at radius 3 is 2.78 bits per heavy atom. The molecule has 2 N–H and O–H groups in total. The number of para-hydroxylation sites is 1. The fourth-order valence-corrected chi connectivity index (χ4v) is 2.92. The lowest BCUT2D eigenvalue weighted by atomic mass is 10.1. The molecule has 6 heteroatoms. The highest BCUT2D eigenvalue weighted by Gasteiger charge is 2.14. The zero-order chi connectivity index (χ0) is 18.6. The Bertz CT molecular complexity index is 988. The van der Waals surface area contributed by atoms with Gasteiger partial charge >= 0.3 is 0 Å². The summed E-state index contributed by atoms with van der Waals surface area (Å²) >= 11 is 0. The molecule has 27 heavy (non-hydrogen) atoms. The van der Waals surface area contributed by atoms with Crippen LogP contribution in [0.15, 0.2) is 60.9 Å². The van der Waals surface area contributed by atoms with Gasteiger partial charge in [-0.25, -0.2) is 0 Å².